The first kappa shape index (κ1) is 17.3. The van der Waals surface area contributed by atoms with Crippen LogP contribution in [0.2, 0.25) is 0 Å². The minimum atomic E-state index is -0.621. The van der Waals surface area contributed by atoms with Crippen molar-refractivity contribution >= 4 is 11.9 Å². The van der Waals surface area contributed by atoms with Crippen LogP contribution in [0.1, 0.15) is 16.1 Å². The van der Waals surface area contributed by atoms with Crippen molar-refractivity contribution in [2.45, 2.75) is 6.61 Å². The molecule has 1 aromatic heterocycles. The van der Waals surface area contributed by atoms with Gasteiger partial charge in [-0.1, -0.05) is 35.5 Å². The Labute approximate surface area is 148 Å². The van der Waals surface area contributed by atoms with Crippen molar-refractivity contribution in [3.05, 3.63) is 77.7 Å². The number of amides is 1. The number of hydrogen-bond donors (Lipinski definition) is 1. The molecule has 0 unspecified atom stereocenters. The Kier molecular flexibility index (Phi) is 5.38. The molecule has 0 aliphatic heterocycles. The molecule has 132 valence electrons. The monoisotopic (exact) mass is 354 g/mol. The zero-order valence-corrected chi connectivity index (χ0v) is 13.6. The van der Waals surface area contributed by atoms with E-state index in [0.29, 0.717) is 11.3 Å². The lowest BCUT2D eigenvalue weighted by Gasteiger charge is -2.05. The molecule has 0 aliphatic carbocycles. The quantitative estimate of drug-likeness (QED) is 0.688. The number of halogens is 1. The Hall–Kier alpha value is -3.48. The van der Waals surface area contributed by atoms with Crippen LogP contribution < -0.4 is 5.32 Å². The van der Waals surface area contributed by atoms with E-state index in [9.17, 15) is 14.0 Å². The molecule has 0 fully saturated rings. The van der Waals surface area contributed by atoms with E-state index in [0.717, 1.165) is 0 Å². The molecule has 26 heavy (non-hydrogen) atoms. The van der Waals surface area contributed by atoms with Crippen LogP contribution in [-0.4, -0.2) is 23.6 Å². The summed E-state index contributed by atoms with van der Waals surface area (Å²) < 4.78 is 23.8. The van der Waals surface area contributed by atoms with E-state index < -0.39 is 11.8 Å². The maximum absolute atomic E-state index is 13.7. The average Bonchev–Trinajstić information content (AvgIpc) is 3.14. The van der Waals surface area contributed by atoms with E-state index in [1.165, 1.54) is 12.1 Å². The molecule has 0 spiro atoms. The van der Waals surface area contributed by atoms with Crippen LogP contribution in [0.25, 0.3) is 11.3 Å². The summed E-state index contributed by atoms with van der Waals surface area (Å²) in [6, 6.07) is 16.1. The van der Waals surface area contributed by atoms with E-state index in [4.69, 9.17) is 9.26 Å². The average molecular weight is 354 g/mol. The summed E-state index contributed by atoms with van der Waals surface area (Å²) in [6.45, 7) is -0.413. The smallest absolute Gasteiger partial charge is 0.325 e. The highest BCUT2D eigenvalue weighted by Gasteiger charge is 2.13. The second-order valence-corrected chi connectivity index (χ2v) is 5.37. The van der Waals surface area contributed by atoms with Gasteiger partial charge >= 0.3 is 5.97 Å². The zero-order valence-electron chi connectivity index (χ0n) is 13.6. The lowest BCUT2D eigenvalue weighted by Crippen LogP contribution is -2.30. The van der Waals surface area contributed by atoms with Gasteiger partial charge in [0, 0.05) is 11.6 Å². The number of ether oxygens (including phenoxy) is 1. The van der Waals surface area contributed by atoms with Gasteiger partial charge in [0.15, 0.2) is 5.76 Å². The minimum absolute atomic E-state index is 0.141. The van der Waals surface area contributed by atoms with Crippen LogP contribution in [0.15, 0.2) is 65.2 Å². The third kappa shape index (κ3) is 4.32. The SMILES string of the molecule is O=C(CNC(=O)c1ccccc1)OCc1cc(-c2ccccc2F)on1. The molecule has 3 rings (SSSR count). The first-order valence-corrected chi connectivity index (χ1v) is 7.83. The lowest BCUT2D eigenvalue weighted by atomic mass is 10.1. The molecule has 0 atom stereocenters. The predicted octanol–water partition coefficient (Wildman–Crippen LogP) is 2.95. The molecule has 2 aromatic carbocycles. The van der Waals surface area contributed by atoms with Crippen LogP contribution in [0.3, 0.4) is 0 Å². The Balaban J connectivity index is 1.49. The van der Waals surface area contributed by atoms with Crippen LogP contribution in [0, 0.1) is 5.82 Å². The van der Waals surface area contributed by atoms with Gasteiger partial charge < -0.3 is 14.6 Å². The van der Waals surface area contributed by atoms with Crippen LogP contribution in [0.5, 0.6) is 0 Å². The number of rotatable bonds is 6. The van der Waals surface area contributed by atoms with Gasteiger partial charge in [0.05, 0.1) is 5.56 Å². The van der Waals surface area contributed by atoms with Gasteiger partial charge in [0.2, 0.25) is 0 Å². The number of nitrogens with one attached hydrogen (secondary N) is 1. The van der Waals surface area contributed by atoms with Crippen molar-refractivity contribution in [1.82, 2.24) is 10.5 Å². The normalized spacial score (nSPS) is 10.3. The van der Waals surface area contributed by atoms with E-state index in [1.807, 2.05) is 0 Å². The Morgan fingerprint density at radius 1 is 1.08 bits per heavy atom. The number of hydrogen-bond acceptors (Lipinski definition) is 5. The van der Waals surface area contributed by atoms with Gasteiger partial charge in [0.25, 0.3) is 5.91 Å². The van der Waals surface area contributed by atoms with Gasteiger partial charge in [-0.05, 0) is 24.3 Å². The van der Waals surface area contributed by atoms with Crippen LogP contribution in [0.4, 0.5) is 4.39 Å². The summed E-state index contributed by atoms with van der Waals surface area (Å²) in [6.07, 6.45) is 0. The Morgan fingerprint density at radius 2 is 1.81 bits per heavy atom. The summed E-state index contributed by atoms with van der Waals surface area (Å²) >= 11 is 0. The molecule has 0 saturated carbocycles. The Morgan fingerprint density at radius 3 is 2.58 bits per heavy atom. The summed E-state index contributed by atoms with van der Waals surface area (Å²) in [5.41, 5.74) is 1.06. The maximum atomic E-state index is 13.7. The number of nitrogens with zero attached hydrogens (tertiary/aromatic N) is 1. The molecule has 1 heterocycles. The van der Waals surface area contributed by atoms with E-state index >= 15 is 0 Å². The molecular formula is C19H15FN2O4. The second-order valence-electron chi connectivity index (χ2n) is 5.37. The fourth-order valence-electron chi connectivity index (χ4n) is 2.22. The van der Waals surface area contributed by atoms with Crippen molar-refractivity contribution in [3.63, 3.8) is 0 Å². The predicted molar refractivity (Wildman–Crippen MR) is 90.5 cm³/mol. The van der Waals surface area contributed by atoms with E-state index in [-0.39, 0.29) is 30.4 Å². The van der Waals surface area contributed by atoms with Crippen molar-refractivity contribution in [3.8, 4) is 11.3 Å². The van der Waals surface area contributed by atoms with Gasteiger partial charge in [0.1, 0.15) is 24.7 Å². The third-order valence-corrected chi connectivity index (χ3v) is 3.51. The van der Waals surface area contributed by atoms with Gasteiger partial charge in [-0.25, -0.2) is 4.39 Å². The van der Waals surface area contributed by atoms with Crippen LogP contribution >= 0.6 is 0 Å². The lowest BCUT2D eigenvalue weighted by molar-refractivity contribution is -0.143. The first-order chi connectivity index (χ1) is 12.6. The molecule has 0 radical (unpaired) electrons. The summed E-state index contributed by atoms with van der Waals surface area (Å²) in [5.74, 6) is -1.18. The molecule has 0 bridgehead atoms. The van der Waals surface area contributed by atoms with Gasteiger partial charge in [-0.15, -0.1) is 0 Å². The number of esters is 1. The summed E-state index contributed by atoms with van der Waals surface area (Å²) in [5, 5.41) is 6.21. The first-order valence-electron chi connectivity index (χ1n) is 7.83. The number of benzene rings is 2. The number of aromatic nitrogens is 1. The topological polar surface area (TPSA) is 81.4 Å². The standard InChI is InChI=1S/C19H15FN2O4/c20-16-9-5-4-8-15(16)17-10-14(22-26-17)12-25-18(23)11-21-19(24)13-6-2-1-3-7-13/h1-10H,11-12H2,(H,21,24). The molecule has 0 saturated heterocycles. The van der Waals surface area contributed by atoms with Gasteiger partial charge in [-0.2, -0.15) is 0 Å². The van der Waals surface area contributed by atoms with E-state index in [1.54, 1.807) is 48.5 Å². The highest BCUT2D eigenvalue weighted by atomic mass is 19.1. The van der Waals surface area contributed by atoms with Gasteiger partial charge in [-0.3, -0.25) is 9.59 Å². The minimum Gasteiger partial charge on any atom is -0.458 e. The van der Waals surface area contributed by atoms with Crippen molar-refractivity contribution in [2.24, 2.45) is 0 Å². The summed E-state index contributed by atoms with van der Waals surface area (Å²) in [7, 11) is 0. The molecule has 1 amide bonds. The Bertz CT molecular complexity index is 909. The molecule has 0 aliphatic rings. The molecule has 3 aromatic rings. The molecule has 1 N–H and O–H groups in total. The zero-order chi connectivity index (χ0) is 18.4. The summed E-state index contributed by atoms with van der Waals surface area (Å²) in [4.78, 5) is 23.6. The maximum Gasteiger partial charge on any atom is 0.325 e. The number of carbonyl (C=O) groups is 2. The fraction of sp³-hybridized carbons (Fsp3) is 0.105. The highest BCUT2D eigenvalue weighted by molar-refractivity contribution is 5.95. The third-order valence-electron chi connectivity index (χ3n) is 3.51. The van der Waals surface area contributed by atoms with Crippen molar-refractivity contribution in [2.75, 3.05) is 6.54 Å². The van der Waals surface area contributed by atoms with E-state index in [2.05, 4.69) is 10.5 Å². The molecule has 6 nitrogen and oxygen atoms in total. The van der Waals surface area contributed by atoms with Crippen molar-refractivity contribution < 1.29 is 23.2 Å². The second kappa shape index (κ2) is 8.06. The van der Waals surface area contributed by atoms with Crippen LogP contribution in [-0.2, 0) is 16.1 Å². The number of carbonyl (C=O) groups excluding carboxylic acids is 2. The highest BCUT2D eigenvalue weighted by Crippen LogP contribution is 2.23. The molecular weight excluding hydrogens is 339 g/mol. The van der Waals surface area contributed by atoms with Crippen molar-refractivity contribution in [1.29, 1.82) is 0 Å². The fourth-order valence-corrected chi connectivity index (χ4v) is 2.22. The molecule has 7 heteroatoms. The largest absolute Gasteiger partial charge is 0.458 e.